The number of nitrogens with one attached hydrogen (secondary N) is 2. The first-order chi connectivity index (χ1) is 14.7. The van der Waals surface area contributed by atoms with Gasteiger partial charge in [-0.2, -0.15) is 10.2 Å². The molecule has 0 fully saturated rings. The normalized spacial score (nSPS) is 12.6. The van der Waals surface area contributed by atoms with Crippen LogP contribution in [0.1, 0.15) is 39.5 Å². The molecule has 2 aromatic carbocycles. The molecule has 2 aromatic rings. The lowest BCUT2D eigenvalue weighted by Crippen LogP contribution is -1.99. The van der Waals surface area contributed by atoms with E-state index < -0.39 is 0 Å². The van der Waals surface area contributed by atoms with Gasteiger partial charge in [-0.3, -0.25) is 20.8 Å². The van der Waals surface area contributed by atoms with Crippen molar-refractivity contribution in [2.45, 2.75) is 39.5 Å². The summed E-state index contributed by atoms with van der Waals surface area (Å²) >= 11 is 0. The van der Waals surface area contributed by atoms with Crippen molar-refractivity contribution in [3.05, 3.63) is 60.7 Å². The van der Waals surface area contributed by atoms with Crippen molar-refractivity contribution in [3.8, 4) is 0 Å². The molecule has 0 radical (unpaired) electrons. The molecule has 0 saturated carbocycles. The van der Waals surface area contributed by atoms with Gasteiger partial charge in [0.2, 0.25) is 0 Å². The van der Waals surface area contributed by atoms with Gasteiger partial charge in [0.1, 0.15) is 0 Å². The lowest BCUT2D eigenvalue weighted by molar-refractivity contribution is 0.654. The van der Waals surface area contributed by atoms with Crippen LogP contribution in [0.3, 0.4) is 0 Å². The molecule has 6 heteroatoms. The number of unbranched alkanes of at least 4 members (excludes halogenated alkanes) is 3. The molecule has 2 N–H and O–H groups in total. The van der Waals surface area contributed by atoms with Crippen LogP contribution in [0.2, 0.25) is 0 Å². The van der Waals surface area contributed by atoms with E-state index in [-0.39, 0.29) is 0 Å². The molecule has 6 nitrogen and oxygen atoms in total. The molecule has 0 aliphatic heterocycles. The summed E-state index contributed by atoms with van der Waals surface area (Å²) in [4.78, 5) is 9.07. The van der Waals surface area contributed by atoms with Gasteiger partial charge in [-0.1, -0.05) is 49.2 Å². The van der Waals surface area contributed by atoms with E-state index in [1.54, 1.807) is 12.4 Å². The molecule has 0 unspecified atom stereocenters. The highest BCUT2D eigenvalue weighted by atomic mass is 15.3. The Labute approximate surface area is 179 Å². The molecule has 2 rings (SSSR count). The number of para-hydroxylation sites is 2. The van der Waals surface area contributed by atoms with Crippen molar-refractivity contribution in [2.24, 2.45) is 20.2 Å². The molecule has 0 heterocycles. The second-order valence-corrected chi connectivity index (χ2v) is 6.93. The largest absolute Gasteiger partial charge is 0.288 e. The first kappa shape index (κ1) is 23.0. The Morgan fingerprint density at radius 1 is 0.633 bits per heavy atom. The second-order valence-electron chi connectivity index (χ2n) is 6.93. The Morgan fingerprint density at radius 2 is 1.03 bits per heavy atom. The van der Waals surface area contributed by atoms with Gasteiger partial charge in [0.05, 0.1) is 35.2 Å². The van der Waals surface area contributed by atoms with E-state index in [9.17, 15) is 0 Å². The highest BCUT2D eigenvalue weighted by Gasteiger charge is 1.92. The summed E-state index contributed by atoms with van der Waals surface area (Å²) in [6, 6.07) is 19.8. The molecule has 0 amide bonds. The quantitative estimate of drug-likeness (QED) is 0.257. The number of nitrogens with zero attached hydrogens (tertiary/aromatic N) is 4. The van der Waals surface area contributed by atoms with Crippen LogP contribution in [0, 0.1) is 0 Å². The summed E-state index contributed by atoms with van der Waals surface area (Å²) in [6.07, 6.45) is 8.02. The minimum absolute atomic E-state index is 0.837. The van der Waals surface area contributed by atoms with Gasteiger partial charge in [0.15, 0.2) is 0 Å². The van der Waals surface area contributed by atoms with Crippen molar-refractivity contribution < 1.29 is 0 Å². The Bertz CT molecular complexity index is 754. The number of hydrogen-bond donors (Lipinski definition) is 2. The molecule has 0 bridgehead atoms. The van der Waals surface area contributed by atoms with Gasteiger partial charge in [0.25, 0.3) is 0 Å². The first-order valence-corrected chi connectivity index (χ1v) is 10.4. The third-order valence-electron chi connectivity index (χ3n) is 4.23. The summed E-state index contributed by atoms with van der Waals surface area (Å²) in [5, 5.41) is 8.40. The molecule has 30 heavy (non-hydrogen) atoms. The summed E-state index contributed by atoms with van der Waals surface area (Å²) in [6.45, 7) is 5.62. The van der Waals surface area contributed by atoms with Crippen molar-refractivity contribution in [3.63, 3.8) is 0 Å². The molecule has 0 atom stereocenters. The highest BCUT2D eigenvalue weighted by molar-refractivity contribution is 6.29. The van der Waals surface area contributed by atoms with Gasteiger partial charge in [-0.25, -0.2) is 0 Å². The zero-order valence-electron chi connectivity index (χ0n) is 18.0. The molecule has 0 saturated heterocycles. The predicted octanol–water partition coefficient (Wildman–Crippen LogP) is 5.66. The van der Waals surface area contributed by atoms with Crippen molar-refractivity contribution in [1.82, 2.24) is 0 Å². The minimum atomic E-state index is 0.837. The average Bonchev–Trinajstić information content (AvgIpc) is 2.77. The fraction of sp³-hybridized carbons (Fsp3) is 0.333. The maximum atomic E-state index is 4.54. The number of aliphatic imine (C=N–C) groups is 2. The van der Waals surface area contributed by atoms with Gasteiger partial charge < -0.3 is 0 Å². The van der Waals surface area contributed by atoms with E-state index >= 15 is 0 Å². The average molecular weight is 405 g/mol. The summed E-state index contributed by atoms with van der Waals surface area (Å²) in [7, 11) is 0. The van der Waals surface area contributed by atoms with Crippen LogP contribution in [0.25, 0.3) is 0 Å². The minimum Gasteiger partial charge on any atom is -0.288 e. The van der Waals surface area contributed by atoms with Crippen LogP contribution < -0.4 is 10.9 Å². The Morgan fingerprint density at radius 3 is 1.43 bits per heavy atom. The number of rotatable bonds is 13. The molecular formula is C24H32N6. The molecule has 158 valence electrons. The predicted molar refractivity (Wildman–Crippen MR) is 132 cm³/mol. The molecule has 0 aromatic heterocycles. The Balaban J connectivity index is 1.50. The maximum absolute atomic E-state index is 4.54. The number of benzene rings is 2. The van der Waals surface area contributed by atoms with E-state index in [2.05, 4.69) is 31.0 Å². The number of hydrazone groups is 2. The smallest absolute Gasteiger partial charge is 0.0680 e. The van der Waals surface area contributed by atoms with Crippen LogP contribution in [-0.4, -0.2) is 36.9 Å². The number of anilines is 2. The van der Waals surface area contributed by atoms with Gasteiger partial charge >= 0.3 is 0 Å². The summed E-state index contributed by atoms with van der Waals surface area (Å²) in [5.74, 6) is 0. The Kier molecular flexibility index (Phi) is 11.3. The topological polar surface area (TPSA) is 73.5 Å². The van der Waals surface area contributed by atoms with Crippen LogP contribution in [0.4, 0.5) is 11.4 Å². The zero-order chi connectivity index (χ0) is 21.3. The molecule has 0 aliphatic carbocycles. The molecular weight excluding hydrogens is 372 g/mol. The van der Waals surface area contributed by atoms with E-state index in [1.165, 1.54) is 0 Å². The van der Waals surface area contributed by atoms with E-state index in [0.717, 1.165) is 61.6 Å². The van der Waals surface area contributed by atoms with Crippen molar-refractivity contribution >= 4 is 35.2 Å². The van der Waals surface area contributed by atoms with Gasteiger partial charge in [-0.15, -0.1) is 0 Å². The van der Waals surface area contributed by atoms with Crippen molar-refractivity contribution in [1.29, 1.82) is 0 Å². The highest BCUT2D eigenvalue weighted by Crippen LogP contribution is 2.05. The number of hydrogen-bond acceptors (Lipinski definition) is 6. The summed E-state index contributed by atoms with van der Waals surface area (Å²) < 4.78 is 0. The van der Waals surface area contributed by atoms with Crippen LogP contribution in [0.5, 0.6) is 0 Å². The fourth-order valence-electron chi connectivity index (χ4n) is 2.60. The van der Waals surface area contributed by atoms with Crippen LogP contribution in [-0.2, 0) is 0 Å². The third kappa shape index (κ3) is 10.9. The lowest BCUT2D eigenvalue weighted by atomic mass is 10.2. The fourth-order valence-corrected chi connectivity index (χ4v) is 2.60. The molecule has 0 aliphatic rings. The van der Waals surface area contributed by atoms with E-state index in [1.807, 2.05) is 74.5 Å². The van der Waals surface area contributed by atoms with Crippen molar-refractivity contribution in [2.75, 3.05) is 23.9 Å². The van der Waals surface area contributed by atoms with Gasteiger partial charge in [0, 0.05) is 13.1 Å². The third-order valence-corrected chi connectivity index (χ3v) is 4.23. The maximum Gasteiger partial charge on any atom is 0.0680 e. The van der Waals surface area contributed by atoms with E-state index in [0.29, 0.717) is 0 Å². The monoisotopic (exact) mass is 404 g/mol. The Hall–Kier alpha value is -3.28. The first-order valence-electron chi connectivity index (χ1n) is 10.4. The second kappa shape index (κ2) is 14.7. The summed E-state index contributed by atoms with van der Waals surface area (Å²) in [5.41, 5.74) is 9.79. The van der Waals surface area contributed by atoms with Crippen LogP contribution in [0.15, 0.2) is 80.9 Å². The van der Waals surface area contributed by atoms with Crippen LogP contribution >= 0.6 is 0 Å². The zero-order valence-corrected chi connectivity index (χ0v) is 18.0. The van der Waals surface area contributed by atoms with E-state index in [4.69, 9.17) is 0 Å². The molecule has 0 spiro atoms. The standard InChI is InChI=1S/C24H32N6/c1-21(19-27-29-23-13-7-5-8-14-23)25-17-11-3-4-12-18-26-22(2)20-28-30-24-15-9-6-10-16-24/h5-10,13-16,19-20,29-30H,3-4,11-12,17-18H2,1-2H3. The SMILES string of the molecule is CC(C=NNc1ccccc1)=NCCCCCCN=C(C)C=NNc1ccccc1. The lowest BCUT2D eigenvalue weighted by Gasteiger charge is -2.00. The van der Waals surface area contributed by atoms with Gasteiger partial charge in [-0.05, 0) is 51.0 Å².